The quantitative estimate of drug-likeness (QED) is 0.134. The van der Waals surface area contributed by atoms with E-state index in [-0.39, 0.29) is 18.6 Å². The molecule has 3 amide bonds. The molecule has 0 spiro atoms. The molecule has 10 nitrogen and oxygen atoms in total. The minimum atomic E-state index is -1.35. The molecule has 3 aromatic rings. The number of terminal acetylenes is 1. The Kier molecular flexibility index (Phi) is 13.7. The minimum Gasteiger partial charge on any atom is -0.508 e. The van der Waals surface area contributed by atoms with Gasteiger partial charge in [0.15, 0.2) is 0 Å². The van der Waals surface area contributed by atoms with Gasteiger partial charge in [-0.15, -0.1) is 6.42 Å². The van der Waals surface area contributed by atoms with Crippen LogP contribution in [-0.4, -0.2) is 62.7 Å². The number of benzene rings is 3. The van der Waals surface area contributed by atoms with Crippen molar-refractivity contribution in [2.75, 3.05) is 0 Å². The van der Waals surface area contributed by atoms with E-state index in [4.69, 9.17) is 15.9 Å². The summed E-state index contributed by atoms with van der Waals surface area (Å²) in [5, 5.41) is 15.6. The van der Waals surface area contributed by atoms with E-state index in [0.29, 0.717) is 23.1 Å². The smallest absolute Gasteiger partial charge is 0.408 e. The number of carbonyl (C=O) groups is 4. The van der Waals surface area contributed by atoms with Gasteiger partial charge in [0.1, 0.15) is 35.1 Å². The maximum Gasteiger partial charge on any atom is 0.408 e. The van der Waals surface area contributed by atoms with Crippen LogP contribution >= 0.6 is 0 Å². The molecule has 3 rings (SSSR count). The van der Waals surface area contributed by atoms with E-state index in [1.807, 2.05) is 51.1 Å². The number of rotatable bonds is 13. The summed E-state index contributed by atoms with van der Waals surface area (Å²) in [6.45, 7) is 15.9. The van der Waals surface area contributed by atoms with Crippen molar-refractivity contribution < 1.29 is 33.8 Å². The maximum absolute atomic E-state index is 15.1. The lowest BCUT2D eigenvalue weighted by molar-refractivity contribution is -0.159. The number of nitrogens with zero attached hydrogens (tertiary/aromatic N) is 1. The highest BCUT2D eigenvalue weighted by Gasteiger charge is 2.45. The molecule has 3 atom stereocenters. The average molecular weight is 712 g/mol. The second-order valence-electron chi connectivity index (χ2n) is 15.4. The van der Waals surface area contributed by atoms with Gasteiger partial charge in [0.2, 0.25) is 11.8 Å². The molecule has 0 saturated heterocycles. The lowest BCUT2D eigenvalue weighted by Gasteiger charge is -2.45. The summed E-state index contributed by atoms with van der Waals surface area (Å²) >= 11 is 0. The highest BCUT2D eigenvalue weighted by atomic mass is 16.6. The molecule has 3 N–H and O–H groups in total. The standard InChI is InChI=1S/C42H53N3O7/c1-11-30-20-16-17-21-32(30)35(36(47)43-34(38(49)51-40(3,4)5)27-28-18-14-13-15-19-28)45(42(9,10)12-2)37(48)33(44-39(50)52-41(6,7)8)26-29-22-24-31(46)25-23-29/h1,13-25,33-35,46H,12,26-27H2,2-10H3,(H,43,47)(H,44,50). The van der Waals surface area contributed by atoms with Crippen molar-refractivity contribution in [3.63, 3.8) is 0 Å². The Bertz CT molecular complexity index is 1730. The van der Waals surface area contributed by atoms with Crippen molar-refractivity contribution in [1.82, 2.24) is 15.5 Å². The van der Waals surface area contributed by atoms with Gasteiger partial charge in [-0.25, -0.2) is 9.59 Å². The van der Waals surface area contributed by atoms with Crippen LogP contribution in [0.15, 0.2) is 78.9 Å². The SMILES string of the molecule is C#Cc1ccccc1C(C(=O)NC(Cc1ccccc1)C(=O)OC(C)(C)C)N(C(=O)C(Cc1ccc(O)cc1)NC(=O)OC(C)(C)C)C(C)(C)CC. The zero-order valence-corrected chi connectivity index (χ0v) is 31.8. The van der Waals surface area contributed by atoms with E-state index in [1.165, 1.54) is 17.0 Å². The van der Waals surface area contributed by atoms with Crippen molar-refractivity contribution >= 4 is 23.9 Å². The van der Waals surface area contributed by atoms with Gasteiger partial charge in [-0.3, -0.25) is 9.59 Å². The third-order valence-electron chi connectivity index (χ3n) is 8.33. The molecule has 52 heavy (non-hydrogen) atoms. The fourth-order valence-electron chi connectivity index (χ4n) is 5.56. The summed E-state index contributed by atoms with van der Waals surface area (Å²) < 4.78 is 11.3. The van der Waals surface area contributed by atoms with Gasteiger partial charge in [0, 0.05) is 23.9 Å². The molecule has 0 saturated carbocycles. The average Bonchev–Trinajstić information content (AvgIpc) is 3.06. The summed E-state index contributed by atoms with van der Waals surface area (Å²) in [6.07, 6.45) is 5.69. The zero-order chi connectivity index (χ0) is 38.9. The van der Waals surface area contributed by atoms with Gasteiger partial charge in [-0.05, 0) is 96.7 Å². The number of esters is 1. The van der Waals surface area contributed by atoms with E-state index in [1.54, 1.807) is 77.9 Å². The number of alkyl carbamates (subject to hydrolysis) is 1. The third-order valence-corrected chi connectivity index (χ3v) is 8.33. The first-order valence-corrected chi connectivity index (χ1v) is 17.5. The third kappa shape index (κ3) is 11.9. The number of hydrogen-bond donors (Lipinski definition) is 3. The van der Waals surface area contributed by atoms with Crippen LogP contribution in [0.3, 0.4) is 0 Å². The molecule has 278 valence electrons. The highest BCUT2D eigenvalue weighted by molar-refractivity contribution is 5.95. The molecule has 3 aromatic carbocycles. The molecular formula is C42H53N3O7. The van der Waals surface area contributed by atoms with Crippen LogP contribution in [0.1, 0.15) is 97.0 Å². The topological polar surface area (TPSA) is 134 Å². The summed E-state index contributed by atoms with van der Waals surface area (Å²) in [4.78, 5) is 58.4. The molecule has 0 aliphatic heterocycles. The largest absolute Gasteiger partial charge is 0.508 e. The van der Waals surface area contributed by atoms with Crippen molar-refractivity contribution in [2.24, 2.45) is 0 Å². The number of nitrogens with one attached hydrogen (secondary N) is 2. The zero-order valence-electron chi connectivity index (χ0n) is 31.8. The van der Waals surface area contributed by atoms with Crippen molar-refractivity contribution in [3.8, 4) is 18.1 Å². The fraction of sp³-hybridized carbons (Fsp3) is 0.429. The van der Waals surface area contributed by atoms with Crippen LogP contribution in [0.2, 0.25) is 0 Å². The second-order valence-corrected chi connectivity index (χ2v) is 15.4. The number of amides is 3. The van der Waals surface area contributed by atoms with Gasteiger partial charge in [0.25, 0.3) is 0 Å². The molecule has 0 bridgehead atoms. The van der Waals surface area contributed by atoms with Gasteiger partial charge in [-0.1, -0.05) is 73.5 Å². The molecule has 3 unspecified atom stereocenters. The Morgan fingerprint density at radius 3 is 1.85 bits per heavy atom. The van der Waals surface area contributed by atoms with Crippen LogP contribution in [-0.2, 0) is 36.7 Å². The van der Waals surface area contributed by atoms with Crippen LogP contribution in [0.4, 0.5) is 4.79 Å². The minimum absolute atomic E-state index is 0.00825. The van der Waals surface area contributed by atoms with E-state index in [2.05, 4.69) is 16.6 Å². The Morgan fingerprint density at radius 2 is 1.29 bits per heavy atom. The highest BCUT2D eigenvalue weighted by Crippen LogP contribution is 2.34. The second kappa shape index (κ2) is 17.3. The molecule has 0 fully saturated rings. The lowest BCUT2D eigenvalue weighted by atomic mass is 9.89. The molecule has 10 heteroatoms. The Hall–Kier alpha value is -5.30. The van der Waals surface area contributed by atoms with Crippen molar-refractivity contribution in [2.45, 2.75) is 116 Å². The van der Waals surface area contributed by atoms with Gasteiger partial charge >= 0.3 is 12.1 Å². The van der Waals surface area contributed by atoms with Crippen LogP contribution in [0.25, 0.3) is 0 Å². The number of phenolic OH excluding ortho intramolecular Hbond substituents is 1. The van der Waals surface area contributed by atoms with Gasteiger partial charge in [0.05, 0.1) is 0 Å². The Labute approximate surface area is 308 Å². The number of carbonyl (C=O) groups excluding carboxylic acids is 4. The molecule has 0 aromatic heterocycles. The maximum atomic E-state index is 15.1. The first kappa shape index (κ1) is 41.1. The number of hydrogen-bond acceptors (Lipinski definition) is 7. The molecule has 0 aliphatic carbocycles. The van der Waals surface area contributed by atoms with Gasteiger partial charge in [-0.2, -0.15) is 0 Å². The molecule has 0 aliphatic rings. The van der Waals surface area contributed by atoms with E-state index < -0.39 is 58.7 Å². The van der Waals surface area contributed by atoms with Crippen molar-refractivity contribution in [3.05, 3.63) is 101 Å². The predicted molar refractivity (Wildman–Crippen MR) is 201 cm³/mol. The summed E-state index contributed by atoms with van der Waals surface area (Å²) in [5.41, 5.74) is -0.532. The monoisotopic (exact) mass is 711 g/mol. The van der Waals surface area contributed by atoms with Crippen LogP contribution in [0.5, 0.6) is 5.75 Å². The first-order valence-electron chi connectivity index (χ1n) is 17.5. The Morgan fingerprint density at radius 1 is 0.750 bits per heavy atom. The predicted octanol–water partition coefficient (Wildman–Crippen LogP) is 6.64. The van der Waals surface area contributed by atoms with E-state index in [0.717, 1.165) is 5.56 Å². The number of phenols is 1. The molecular weight excluding hydrogens is 658 g/mol. The van der Waals surface area contributed by atoms with Gasteiger partial charge < -0.3 is 30.1 Å². The van der Waals surface area contributed by atoms with Crippen LogP contribution < -0.4 is 10.6 Å². The van der Waals surface area contributed by atoms with Crippen LogP contribution in [0, 0.1) is 12.3 Å². The summed E-state index contributed by atoms with van der Waals surface area (Å²) in [5.74, 6) is 0.799. The number of aromatic hydroxyl groups is 1. The molecule has 0 radical (unpaired) electrons. The van der Waals surface area contributed by atoms with Crippen molar-refractivity contribution in [1.29, 1.82) is 0 Å². The summed E-state index contributed by atoms with van der Waals surface area (Å²) in [7, 11) is 0. The normalized spacial score (nSPS) is 13.5. The Balaban J connectivity index is 2.22. The first-order chi connectivity index (χ1) is 24.2. The summed E-state index contributed by atoms with van der Waals surface area (Å²) in [6, 6.07) is 18.6. The lowest BCUT2D eigenvalue weighted by Crippen LogP contribution is -2.61. The van der Waals surface area contributed by atoms with E-state index in [9.17, 15) is 19.5 Å². The van der Waals surface area contributed by atoms with E-state index >= 15 is 4.79 Å². The number of ether oxygens (including phenoxy) is 2. The molecule has 0 heterocycles. The fourth-order valence-corrected chi connectivity index (χ4v) is 5.56.